The van der Waals surface area contributed by atoms with E-state index in [1.54, 1.807) is 51.4 Å². The van der Waals surface area contributed by atoms with E-state index < -0.39 is 28.1 Å². The van der Waals surface area contributed by atoms with Crippen LogP contribution in [0.4, 0.5) is 16.2 Å². The number of amides is 3. The third kappa shape index (κ3) is 8.97. The molecule has 0 spiro atoms. The molecule has 0 radical (unpaired) electrons. The number of hydrogen-bond donors (Lipinski definition) is 3. The summed E-state index contributed by atoms with van der Waals surface area (Å²) in [6, 6.07) is 8.78. The van der Waals surface area contributed by atoms with Crippen LogP contribution >= 0.6 is 0 Å². The van der Waals surface area contributed by atoms with E-state index >= 15 is 0 Å². The second-order valence-electron chi connectivity index (χ2n) is 12.9. The summed E-state index contributed by atoms with van der Waals surface area (Å²) in [7, 11) is -0.706. The second kappa shape index (κ2) is 16.0. The minimum atomic E-state index is -4.04. The average Bonchev–Trinajstić information content (AvgIpc) is 3.75. The van der Waals surface area contributed by atoms with E-state index in [2.05, 4.69) is 15.0 Å². The van der Waals surface area contributed by atoms with Crippen LogP contribution in [0.1, 0.15) is 50.4 Å². The number of ether oxygens (including phenoxy) is 4. The predicted molar refractivity (Wildman–Crippen MR) is 185 cm³/mol. The second-order valence-corrected chi connectivity index (χ2v) is 14.5. The van der Waals surface area contributed by atoms with Gasteiger partial charge in [0.1, 0.15) is 5.75 Å². The van der Waals surface area contributed by atoms with E-state index in [1.807, 2.05) is 13.8 Å². The highest BCUT2D eigenvalue weighted by atomic mass is 32.2. The Morgan fingerprint density at radius 1 is 1.10 bits per heavy atom. The summed E-state index contributed by atoms with van der Waals surface area (Å²) in [4.78, 5) is 34.6. The van der Waals surface area contributed by atoms with Gasteiger partial charge in [-0.25, -0.2) is 9.78 Å². The van der Waals surface area contributed by atoms with Crippen molar-refractivity contribution < 1.29 is 42.1 Å². The molecule has 0 aliphatic carbocycles. The molecule has 1 aromatic heterocycles. The lowest BCUT2D eigenvalue weighted by Gasteiger charge is -2.35. The largest absolute Gasteiger partial charge is 0.490 e. The third-order valence-electron chi connectivity index (χ3n) is 8.68. The molecule has 2 aliphatic heterocycles. The van der Waals surface area contributed by atoms with Crippen LogP contribution < -0.4 is 24.2 Å². The fraction of sp³-hybridized carbons (Fsp3) is 0.500. The maximum Gasteiger partial charge on any atom is 0.321 e. The summed E-state index contributed by atoms with van der Waals surface area (Å²) in [6.45, 7) is 6.21. The summed E-state index contributed by atoms with van der Waals surface area (Å²) in [5, 5.41) is 13.0. The number of aliphatic hydroxyl groups is 1. The molecule has 2 aromatic carbocycles. The Morgan fingerprint density at radius 3 is 2.58 bits per heavy atom. The van der Waals surface area contributed by atoms with Crippen LogP contribution in [0.3, 0.4) is 0 Å². The normalized spacial score (nSPS) is 20.6. The van der Waals surface area contributed by atoms with E-state index in [4.69, 9.17) is 18.9 Å². The van der Waals surface area contributed by atoms with Gasteiger partial charge >= 0.3 is 6.03 Å². The quantitative estimate of drug-likeness (QED) is 0.311. The molecule has 272 valence electrons. The average molecular weight is 715 g/mol. The predicted octanol–water partition coefficient (Wildman–Crippen LogP) is 3.91. The number of carbonyl (C=O) groups is 2. The smallest absolute Gasteiger partial charge is 0.321 e. The summed E-state index contributed by atoms with van der Waals surface area (Å²) in [6.07, 6.45) is 4.26. The number of hydrogen-bond acceptors (Lipinski definition) is 10. The van der Waals surface area contributed by atoms with E-state index in [-0.39, 0.29) is 60.8 Å². The molecular weight excluding hydrogens is 668 g/mol. The maximum absolute atomic E-state index is 14.4. The number of likely N-dealkylation sites (N-methyl/N-ethyl adjacent to an activating group) is 1. The topological polar surface area (TPSA) is 174 Å². The highest BCUT2D eigenvalue weighted by Gasteiger charge is 2.31. The van der Waals surface area contributed by atoms with Gasteiger partial charge in [0.25, 0.3) is 15.9 Å². The van der Waals surface area contributed by atoms with Crippen LogP contribution in [0, 0.1) is 5.92 Å². The Bertz CT molecular complexity index is 1770. The summed E-state index contributed by atoms with van der Waals surface area (Å²) < 4.78 is 53.6. The molecule has 0 saturated carbocycles. The van der Waals surface area contributed by atoms with E-state index in [0.717, 1.165) is 12.8 Å². The Kier molecular flexibility index (Phi) is 11.8. The maximum atomic E-state index is 14.4. The molecule has 0 bridgehead atoms. The van der Waals surface area contributed by atoms with Gasteiger partial charge in [0.15, 0.2) is 16.5 Å². The molecule has 50 heavy (non-hydrogen) atoms. The van der Waals surface area contributed by atoms with Crippen LogP contribution in [-0.4, -0.2) is 103 Å². The van der Waals surface area contributed by atoms with Gasteiger partial charge in [-0.3, -0.25) is 9.52 Å². The molecule has 4 atom stereocenters. The van der Waals surface area contributed by atoms with E-state index in [1.165, 1.54) is 33.0 Å². The molecule has 2 aliphatic rings. The van der Waals surface area contributed by atoms with Crippen molar-refractivity contribution in [2.45, 2.75) is 63.3 Å². The first kappa shape index (κ1) is 36.7. The molecule has 3 amide bonds. The van der Waals surface area contributed by atoms with Gasteiger partial charge < -0.3 is 43.7 Å². The first-order valence-electron chi connectivity index (χ1n) is 16.6. The number of fused-ring (bicyclic) bond motifs is 2. The summed E-state index contributed by atoms with van der Waals surface area (Å²) >= 11 is 0. The van der Waals surface area contributed by atoms with Gasteiger partial charge in [0.2, 0.25) is 6.79 Å². The number of carbonyl (C=O) groups excluding carboxylic acids is 2. The monoisotopic (exact) mass is 714 g/mol. The fourth-order valence-corrected chi connectivity index (χ4v) is 6.76. The Hall–Kier alpha value is -4.54. The lowest BCUT2D eigenvalue weighted by molar-refractivity contribution is -0.0115. The zero-order chi connectivity index (χ0) is 36.0. The Balaban J connectivity index is 1.38. The van der Waals surface area contributed by atoms with Crippen molar-refractivity contribution >= 4 is 33.3 Å². The number of anilines is 2. The number of nitrogens with one attached hydrogen (secondary N) is 2. The van der Waals surface area contributed by atoms with Crippen LogP contribution in [0.15, 0.2) is 53.9 Å². The number of urea groups is 1. The van der Waals surface area contributed by atoms with Gasteiger partial charge in [-0.1, -0.05) is 6.92 Å². The first-order valence-corrected chi connectivity index (χ1v) is 18.1. The molecule has 3 aromatic rings. The number of aryl methyl sites for hydroxylation is 1. The van der Waals surface area contributed by atoms with Gasteiger partial charge in [-0.05, 0) is 63.4 Å². The number of aromatic nitrogens is 2. The SMILES string of the molecule is C[C@@H]1CN([C@@H](C)CO)C(=O)c2cc(NS(=O)(=O)c3cn(C)cn3)ccc2O[C@@H](C)CCCCO[C@@H]1CN(C)C(=O)Nc1ccc2c(c1)OCO2. The molecule has 0 fully saturated rings. The summed E-state index contributed by atoms with van der Waals surface area (Å²) in [5.74, 6) is 0.723. The molecule has 16 heteroatoms. The van der Waals surface area contributed by atoms with Crippen LogP contribution in [0.2, 0.25) is 0 Å². The van der Waals surface area contributed by atoms with Crippen LogP contribution in [0.5, 0.6) is 17.2 Å². The Morgan fingerprint density at radius 2 is 1.84 bits per heavy atom. The van der Waals surface area contributed by atoms with Crippen molar-refractivity contribution in [1.82, 2.24) is 19.4 Å². The van der Waals surface area contributed by atoms with Crippen LogP contribution in [-0.2, 0) is 21.8 Å². The molecule has 15 nitrogen and oxygen atoms in total. The van der Waals surface area contributed by atoms with Crippen molar-refractivity contribution in [3.63, 3.8) is 0 Å². The number of aliphatic hydroxyl groups excluding tert-OH is 1. The van der Waals surface area contributed by atoms with Crippen molar-refractivity contribution in [3.05, 3.63) is 54.5 Å². The number of rotatable bonds is 8. The molecule has 0 saturated heterocycles. The fourth-order valence-electron chi connectivity index (χ4n) is 5.73. The molecule has 0 unspecified atom stereocenters. The van der Waals surface area contributed by atoms with Crippen LogP contribution in [0.25, 0.3) is 0 Å². The minimum absolute atomic E-state index is 0.126. The lowest BCUT2D eigenvalue weighted by Crippen LogP contribution is -2.48. The van der Waals surface area contributed by atoms with Crippen molar-refractivity contribution in [2.24, 2.45) is 13.0 Å². The number of sulfonamides is 1. The highest BCUT2D eigenvalue weighted by molar-refractivity contribution is 7.92. The molecular formula is C34H46N6O9S. The van der Waals surface area contributed by atoms with Crippen molar-refractivity contribution in [3.8, 4) is 17.2 Å². The summed E-state index contributed by atoms with van der Waals surface area (Å²) in [5.41, 5.74) is 0.845. The standard InChI is InChI=1S/C34H46N6O9S/c1-22-16-40(23(2)19-41)33(42)27-14-26(37-50(44,45)32-18-38(4)20-35-32)10-11-28(27)49-24(3)8-6-7-13-46-31(22)17-39(5)34(43)36-25-9-12-29-30(15-25)48-21-47-29/h9-12,14-15,18,20,22-24,31,37,41H,6-8,13,16-17,19,21H2,1-5H3,(H,36,43)/t22-,23+,24+,31-/m1/s1. The number of imidazole rings is 1. The third-order valence-corrected chi connectivity index (χ3v) is 9.95. The van der Waals surface area contributed by atoms with Crippen molar-refractivity contribution in [2.75, 3.05) is 50.2 Å². The highest BCUT2D eigenvalue weighted by Crippen LogP contribution is 2.34. The van der Waals surface area contributed by atoms with Gasteiger partial charge in [-0.2, -0.15) is 8.42 Å². The van der Waals surface area contributed by atoms with Gasteiger partial charge in [-0.15, -0.1) is 0 Å². The molecule has 3 N–H and O–H groups in total. The Labute approximate surface area is 292 Å². The lowest BCUT2D eigenvalue weighted by atomic mass is 10.0. The van der Waals surface area contributed by atoms with E-state index in [9.17, 15) is 23.1 Å². The zero-order valence-electron chi connectivity index (χ0n) is 29.0. The number of benzene rings is 2. The van der Waals surface area contributed by atoms with E-state index in [0.29, 0.717) is 36.0 Å². The first-order chi connectivity index (χ1) is 23.8. The molecule has 3 heterocycles. The zero-order valence-corrected chi connectivity index (χ0v) is 29.8. The van der Waals surface area contributed by atoms with Gasteiger partial charge in [0.05, 0.1) is 36.7 Å². The van der Waals surface area contributed by atoms with Gasteiger partial charge in [0, 0.05) is 63.3 Å². The van der Waals surface area contributed by atoms with Crippen molar-refractivity contribution in [1.29, 1.82) is 0 Å². The molecule has 5 rings (SSSR count). The minimum Gasteiger partial charge on any atom is -0.490 e. The number of nitrogens with zero attached hydrogens (tertiary/aromatic N) is 4.